The van der Waals surface area contributed by atoms with Gasteiger partial charge in [0.1, 0.15) is 0 Å². The number of carbonyl (C=O) groups excluding carboxylic acids is 1. The van der Waals surface area contributed by atoms with Gasteiger partial charge in [0.05, 0.1) is 5.69 Å². The lowest BCUT2D eigenvalue weighted by atomic mass is 10.2. The molecule has 1 saturated heterocycles. The van der Waals surface area contributed by atoms with Crippen LogP contribution in [-0.4, -0.2) is 42.0 Å². The highest BCUT2D eigenvalue weighted by molar-refractivity contribution is 6.29. The molecular weight excluding hydrogens is 292 g/mol. The number of furan rings is 1. The van der Waals surface area contributed by atoms with Gasteiger partial charge in [0, 0.05) is 32.4 Å². The summed E-state index contributed by atoms with van der Waals surface area (Å²) in [5.74, 6) is 0.895. The topological polar surface area (TPSA) is 75.6 Å². The molecule has 0 saturated carbocycles. The Balaban J connectivity index is 1.65. The second kappa shape index (κ2) is 5.65. The van der Waals surface area contributed by atoms with E-state index in [1.807, 2.05) is 6.07 Å². The number of rotatable bonds is 2. The largest absolute Gasteiger partial charge is 0.440 e. The molecule has 0 aliphatic carbocycles. The molecule has 3 heterocycles. The highest BCUT2D eigenvalue weighted by Gasteiger charge is 2.25. The number of anilines is 2. The van der Waals surface area contributed by atoms with Crippen LogP contribution in [0.1, 0.15) is 10.6 Å². The van der Waals surface area contributed by atoms with Crippen LogP contribution in [0.25, 0.3) is 0 Å². The fourth-order valence-electron chi connectivity index (χ4n) is 2.38. The van der Waals surface area contributed by atoms with E-state index in [1.165, 1.54) is 0 Å². The molecule has 0 unspecified atom stereocenters. The maximum Gasteiger partial charge on any atom is 0.289 e. The van der Waals surface area contributed by atoms with Crippen molar-refractivity contribution < 1.29 is 9.21 Å². The summed E-state index contributed by atoms with van der Waals surface area (Å²) in [6.45, 7) is 2.54. The molecule has 21 heavy (non-hydrogen) atoms. The fraction of sp³-hybridized carbons (Fsp3) is 0.286. The van der Waals surface area contributed by atoms with Gasteiger partial charge in [0.15, 0.2) is 16.8 Å². The molecule has 110 valence electrons. The maximum absolute atomic E-state index is 12.2. The third kappa shape index (κ3) is 2.80. The molecule has 2 N–H and O–H groups in total. The average molecular weight is 307 g/mol. The van der Waals surface area contributed by atoms with E-state index < -0.39 is 0 Å². The zero-order valence-electron chi connectivity index (χ0n) is 11.3. The number of nitrogens with two attached hydrogens (primary N) is 1. The number of nitrogen functional groups attached to an aromatic ring is 1. The summed E-state index contributed by atoms with van der Waals surface area (Å²) in [6.07, 6.45) is 1.72. The second-order valence-corrected chi connectivity index (χ2v) is 5.17. The number of hydrogen-bond acceptors (Lipinski definition) is 5. The number of carbonyl (C=O) groups is 1. The van der Waals surface area contributed by atoms with Gasteiger partial charge in [-0.05, 0) is 35.9 Å². The molecule has 3 rings (SSSR count). The van der Waals surface area contributed by atoms with Crippen LogP contribution in [-0.2, 0) is 0 Å². The third-order valence-electron chi connectivity index (χ3n) is 3.47. The van der Waals surface area contributed by atoms with Crippen molar-refractivity contribution in [3.05, 3.63) is 41.4 Å². The molecular formula is C14H15ClN4O2. The lowest BCUT2D eigenvalue weighted by Crippen LogP contribution is -2.49. The van der Waals surface area contributed by atoms with Gasteiger partial charge >= 0.3 is 0 Å². The van der Waals surface area contributed by atoms with Gasteiger partial charge in [0.2, 0.25) is 0 Å². The predicted octanol–water partition coefficient (Wildman–Crippen LogP) is 1.87. The monoisotopic (exact) mass is 306 g/mol. The third-order valence-corrected chi connectivity index (χ3v) is 3.67. The fourth-order valence-corrected chi connectivity index (χ4v) is 2.53. The van der Waals surface area contributed by atoms with E-state index in [0.717, 1.165) is 5.82 Å². The van der Waals surface area contributed by atoms with Crippen LogP contribution in [0.3, 0.4) is 0 Å². The van der Waals surface area contributed by atoms with Crippen molar-refractivity contribution in [2.75, 3.05) is 36.8 Å². The van der Waals surface area contributed by atoms with Crippen LogP contribution in [0.15, 0.2) is 34.9 Å². The van der Waals surface area contributed by atoms with E-state index in [2.05, 4.69) is 9.88 Å². The van der Waals surface area contributed by atoms with Crippen molar-refractivity contribution in [2.45, 2.75) is 0 Å². The normalized spacial score (nSPS) is 15.3. The summed E-state index contributed by atoms with van der Waals surface area (Å²) in [5.41, 5.74) is 6.57. The Labute approximate surface area is 127 Å². The lowest BCUT2D eigenvalue weighted by molar-refractivity contribution is 0.0714. The number of halogens is 1. The Kier molecular flexibility index (Phi) is 3.70. The molecule has 0 radical (unpaired) electrons. The second-order valence-electron chi connectivity index (χ2n) is 4.80. The standard InChI is InChI=1S/C14H15ClN4O2/c15-12-4-3-11(21-12)14(20)19-8-6-18(7-9-19)13-10(16)2-1-5-17-13/h1-5H,6-9,16H2. The molecule has 0 bridgehead atoms. The van der Waals surface area contributed by atoms with E-state index in [-0.39, 0.29) is 16.9 Å². The summed E-state index contributed by atoms with van der Waals surface area (Å²) >= 11 is 5.70. The van der Waals surface area contributed by atoms with Gasteiger partial charge < -0.3 is 20.0 Å². The Morgan fingerprint density at radius 3 is 2.62 bits per heavy atom. The summed E-state index contributed by atoms with van der Waals surface area (Å²) in [4.78, 5) is 20.4. The average Bonchev–Trinajstić information content (AvgIpc) is 2.94. The number of piperazine rings is 1. The summed E-state index contributed by atoms with van der Waals surface area (Å²) in [7, 11) is 0. The van der Waals surface area contributed by atoms with Crippen molar-refractivity contribution in [3.8, 4) is 0 Å². The first-order valence-electron chi connectivity index (χ1n) is 6.65. The molecule has 0 atom stereocenters. The van der Waals surface area contributed by atoms with Gasteiger partial charge in [-0.25, -0.2) is 4.98 Å². The zero-order chi connectivity index (χ0) is 14.8. The molecule has 0 aromatic carbocycles. The quantitative estimate of drug-likeness (QED) is 0.916. The number of hydrogen-bond donors (Lipinski definition) is 1. The van der Waals surface area contributed by atoms with Crippen molar-refractivity contribution >= 4 is 29.0 Å². The Hall–Kier alpha value is -2.21. The molecule has 1 amide bonds. The number of amides is 1. The van der Waals surface area contributed by atoms with Crippen LogP contribution in [0.2, 0.25) is 5.22 Å². The van der Waals surface area contributed by atoms with Crippen molar-refractivity contribution in [3.63, 3.8) is 0 Å². The Morgan fingerprint density at radius 2 is 2.00 bits per heavy atom. The van der Waals surface area contributed by atoms with Gasteiger partial charge in [-0.1, -0.05) is 0 Å². The zero-order valence-corrected chi connectivity index (χ0v) is 12.1. The first-order chi connectivity index (χ1) is 10.1. The lowest BCUT2D eigenvalue weighted by Gasteiger charge is -2.35. The molecule has 6 nitrogen and oxygen atoms in total. The Bertz CT molecular complexity index is 650. The highest BCUT2D eigenvalue weighted by Crippen LogP contribution is 2.21. The smallest absolute Gasteiger partial charge is 0.289 e. The first kappa shape index (κ1) is 13.8. The van der Waals surface area contributed by atoms with Crippen LogP contribution >= 0.6 is 11.6 Å². The van der Waals surface area contributed by atoms with Gasteiger partial charge in [0.25, 0.3) is 5.91 Å². The van der Waals surface area contributed by atoms with Crippen molar-refractivity contribution in [1.82, 2.24) is 9.88 Å². The van der Waals surface area contributed by atoms with Crippen molar-refractivity contribution in [1.29, 1.82) is 0 Å². The van der Waals surface area contributed by atoms with E-state index >= 15 is 0 Å². The van der Waals surface area contributed by atoms with E-state index in [4.69, 9.17) is 21.8 Å². The van der Waals surface area contributed by atoms with Crippen molar-refractivity contribution in [2.24, 2.45) is 0 Å². The van der Waals surface area contributed by atoms with Crippen LogP contribution < -0.4 is 10.6 Å². The minimum absolute atomic E-state index is 0.143. The summed E-state index contributed by atoms with van der Waals surface area (Å²) in [6, 6.07) is 6.79. The minimum Gasteiger partial charge on any atom is -0.440 e. The molecule has 2 aromatic heterocycles. The van der Waals surface area contributed by atoms with Gasteiger partial charge in [-0.3, -0.25) is 4.79 Å². The van der Waals surface area contributed by atoms with E-state index in [9.17, 15) is 4.79 Å². The summed E-state index contributed by atoms with van der Waals surface area (Å²) in [5, 5.41) is 0.221. The SMILES string of the molecule is Nc1cccnc1N1CCN(C(=O)c2ccc(Cl)o2)CC1. The first-order valence-corrected chi connectivity index (χ1v) is 7.03. The number of pyridine rings is 1. The number of nitrogens with zero attached hydrogens (tertiary/aromatic N) is 3. The van der Waals surface area contributed by atoms with Crippen LogP contribution in [0.5, 0.6) is 0 Å². The van der Waals surface area contributed by atoms with Crippen LogP contribution in [0, 0.1) is 0 Å². The molecule has 7 heteroatoms. The molecule has 1 aliphatic rings. The van der Waals surface area contributed by atoms with E-state index in [1.54, 1.807) is 29.3 Å². The number of aromatic nitrogens is 1. The molecule has 0 spiro atoms. The molecule has 1 fully saturated rings. The van der Waals surface area contributed by atoms with Gasteiger partial charge in [-0.15, -0.1) is 0 Å². The minimum atomic E-state index is -0.143. The molecule has 2 aromatic rings. The maximum atomic E-state index is 12.2. The predicted molar refractivity (Wildman–Crippen MR) is 80.5 cm³/mol. The van der Waals surface area contributed by atoms with Crippen LogP contribution in [0.4, 0.5) is 11.5 Å². The molecule has 1 aliphatic heterocycles. The summed E-state index contributed by atoms with van der Waals surface area (Å²) < 4.78 is 5.16. The van der Waals surface area contributed by atoms with E-state index in [0.29, 0.717) is 31.9 Å². The Morgan fingerprint density at radius 1 is 1.24 bits per heavy atom. The van der Waals surface area contributed by atoms with Gasteiger partial charge in [-0.2, -0.15) is 0 Å². The highest BCUT2D eigenvalue weighted by atomic mass is 35.5.